The van der Waals surface area contributed by atoms with Crippen LogP contribution in [0.4, 0.5) is 0 Å². The van der Waals surface area contributed by atoms with Gasteiger partial charge in [-0.2, -0.15) is 0 Å². The van der Waals surface area contributed by atoms with E-state index in [0.717, 1.165) is 56.6 Å². The average molecular weight is 685 g/mol. The standard InChI is InChI=1S/C43H33ClN6O/c1-2-35-28-39(41-38(45-35)26-27-40(44)46-41)51-29-30-22-24-31(25-23-30)36-20-12-13-21-37(36)42-47-49-50(48-42)43(32-14-6-3-7-15-32,33-16-8-4-9-17-33)34-18-10-5-11-19-34/h3-28H,2,29H2,1H3. The van der Waals surface area contributed by atoms with Gasteiger partial charge >= 0.3 is 0 Å². The average Bonchev–Trinajstić information content (AvgIpc) is 3.69. The smallest absolute Gasteiger partial charge is 0.205 e. The zero-order valence-corrected chi connectivity index (χ0v) is 28.7. The van der Waals surface area contributed by atoms with Gasteiger partial charge in [-0.3, -0.25) is 4.98 Å². The van der Waals surface area contributed by atoms with E-state index >= 15 is 0 Å². The number of nitrogens with zero attached hydrogens (tertiary/aromatic N) is 6. The van der Waals surface area contributed by atoms with Crippen LogP contribution >= 0.6 is 11.6 Å². The van der Waals surface area contributed by atoms with Crippen LogP contribution in [0, 0.1) is 0 Å². The second kappa shape index (κ2) is 14.0. The first-order valence-electron chi connectivity index (χ1n) is 16.9. The second-order valence-electron chi connectivity index (χ2n) is 12.2. The maximum Gasteiger partial charge on any atom is 0.205 e. The third kappa shape index (κ3) is 6.13. The summed E-state index contributed by atoms with van der Waals surface area (Å²) in [6.07, 6.45) is 0.789. The Hall–Kier alpha value is -6.18. The Balaban J connectivity index is 1.14. The van der Waals surface area contributed by atoms with Gasteiger partial charge in [-0.1, -0.05) is 158 Å². The molecule has 3 aromatic heterocycles. The van der Waals surface area contributed by atoms with Gasteiger partial charge in [0.25, 0.3) is 0 Å². The molecule has 7 nitrogen and oxygen atoms in total. The highest BCUT2D eigenvalue weighted by atomic mass is 35.5. The Kier molecular flexibility index (Phi) is 8.78. The SMILES string of the molecule is CCc1cc(OCc2ccc(-c3ccccc3-c3nnn(C(c4ccccc4)(c4ccccc4)c4ccccc4)n3)cc2)c2nc(Cl)ccc2n1. The van der Waals surface area contributed by atoms with Crippen molar-refractivity contribution in [3.8, 4) is 28.3 Å². The predicted molar refractivity (Wildman–Crippen MR) is 202 cm³/mol. The van der Waals surface area contributed by atoms with Crippen LogP contribution in [0.2, 0.25) is 5.15 Å². The number of pyridine rings is 2. The van der Waals surface area contributed by atoms with E-state index in [2.05, 4.69) is 83.6 Å². The molecule has 0 unspecified atom stereocenters. The van der Waals surface area contributed by atoms with Crippen LogP contribution in [-0.4, -0.2) is 30.2 Å². The molecule has 0 aliphatic rings. The molecule has 0 saturated heterocycles. The van der Waals surface area contributed by atoms with Crippen molar-refractivity contribution in [2.24, 2.45) is 0 Å². The molecule has 0 amide bonds. The maximum atomic E-state index is 6.29. The number of aromatic nitrogens is 6. The Labute approximate surface area is 301 Å². The Bertz CT molecular complexity index is 2320. The van der Waals surface area contributed by atoms with Crippen molar-refractivity contribution in [1.29, 1.82) is 0 Å². The monoisotopic (exact) mass is 684 g/mol. The number of ether oxygens (including phenoxy) is 1. The molecule has 0 atom stereocenters. The first-order chi connectivity index (χ1) is 25.1. The van der Waals surface area contributed by atoms with Gasteiger partial charge in [0.1, 0.15) is 23.0 Å². The van der Waals surface area contributed by atoms with E-state index in [1.54, 1.807) is 10.9 Å². The largest absolute Gasteiger partial charge is 0.486 e. The molecule has 0 radical (unpaired) electrons. The van der Waals surface area contributed by atoms with Crippen molar-refractivity contribution in [3.05, 3.63) is 191 Å². The van der Waals surface area contributed by atoms with Crippen molar-refractivity contribution in [2.45, 2.75) is 25.5 Å². The predicted octanol–water partition coefficient (Wildman–Crippen LogP) is 9.59. The number of hydrogen-bond acceptors (Lipinski definition) is 6. The van der Waals surface area contributed by atoms with Crippen molar-refractivity contribution in [3.63, 3.8) is 0 Å². The van der Waals surface area contributed by atoms with E-state index in [1.165, 1.54) is 0 Å². The number of rotatable bonds is 10. The fraction of sp³-hybridized carbons (Fsp3) is 0.0930. The van der Waals surface area contributed by atoms with Gasteiger partial charge in [0.05, 0.1) is 5.52 Å². The molecule has 0 aliphatic carbocycles. The molecule has 0 saturated carbocycles. The molecule has 0 aliphatic heterocycles. The van der Waals surface area contributed by atoms with E-state index in [9.17, 15) is 0 Å². The molecule has 3 heterocycles. The topological polar surface area (TPSA) is 78.6 Å². The van der Waals surface area contributed by atoms with E-state index in [0.29, 0.717) is 28.9 Å². The molecule has 0 spiro atoms. The first-order valence-corrected chi connectivity index (χ1v) is 17.3. The fourth-order valence-corrected chi connectivity index (χ4v) is 6.77. The van der Waals surface area contributed by atoms with Crippen LogP contribution < -0.4 is 4.74 Å². The summed E-state index contributed by atoms with van der Waals surface area (Å²) in [6, 6.07) is 53.1. The molecule has 8 rings (SSSR count). The number of aryl methyl sites for hydroxylation is 1. The first kappa shape index (κ1) is 32.0. The summed E-state index contributed by atoms with van der Waals surface area (Å²) in [4.78, 5) is 10.9. The van der Waals surface area contributed by atoms with Gasteiger partial charge in [0, 0.05) is 17.3 Å². The minimum Gasteiger partial charge on any atom is -0.486 e. The van der Waals surface area contributed by atoms with Crippen molar-refractivity contribution in [1.82, 2.24) is 30.2 Å². The quantitative estimate of drug-likeness (QED) is 0.105. The number of fused-ring (bicyclic) bond motifs is 1. The van der Waals surface area contributed by atoms with Gasteiger partial charge < -0.3 is 4.74 Å². The lowest BCUT2D eigenvalue weighted by Crippen LogP contribution is -2.39. The van der Waals surface area contributed by atoms with Crippen LogP contribution in [0.1, 0.15) is 34.9 Å². The number of halogens is 1. The van der Waals surface area contributed by atoms with Gasteiger partial charge in [-0.15, -0.1) is 15.0 Å². The van der Waals surface area contributed by atoms with Crippen LogP contribution in [0.5, 0.6) is 5.75 Å². The van der Waals surface area contributed by atoms with Crippen molar-refractivity contribution < 1.29 is 4.74 Å². The molecule has 8 heteroatoms. The molecule has 0 bridgehead atoms. The normalized spacial score (nSPS) is 11.5. The molecular formula is C43H33ClN6O. The molecule has 51 heavy (non-hydrogen) atoms. The number of tetrazole rings is 1. The molecule has 0 N–H and O–H groups in total. The Morgan fingerprint density at radius 3 is 1.84 bits per heavy atom. The van der Waals surface area contributed by atoms with Gasteiger partial charge in [0.2, 0.25) is 5.82 Å². The summed E-state index contributed by atoms with van der Waals surface area (Å²) in [5.74, 6) is 1.20. The fourth-order valence-electron chi connectivity index (χ4n) is 6.62. The maximum absolute atomic E-state index is 6.29. The summed E-state index contributed by atoms with van der Waals surface area (Å²) in [5.41, 5.74) is 8.52. The molecule has 8 aromatic rings. The van der Waals surface area contributed by atoms with Gasteiger partial charge in [0.15, 0.2) is 5.54 Å². The summed E-state index contributed by atoms with van der Waals surface area (Å²) >= 11 is 6.21. The van der Waals surface area contributed by atoms with Crippen LogP contribution in [0.3, 0.4) is 0 Å². The molecular weight excluding hydrogens is 652 g/mol. The lowest BCUT2D eigenvalue weighted by Gasteiger charge is -2.34. The highest BCUT2D eigenvalue weighted by Crippen LogP contribution is 2.40. The molecule has 248 valence electrons. The molecule has 5 aromatic carbocycles. The minimum atomic E-state index is -0.857. The third-order valence-electron chi connectivity index (χ3n) is 9.11. The summed E-state index contributed by atoms with van der Waals surface area (Å²) in [7, 11) is 0. The zero-order valence-electron chi connectivity index (χ0n) is 27.9. The number of hydrogen-bond donors (Lipinski definition) is 0. The Morgan fingerprint density at radius 2 is 1.24 bits per heavy atom. The van der Waals surface area contributed by atoms with Crippen LogP contribution in [0.25, 0.3) is 33.5 Å². The van der Waals surface area contributed by atoms with Crippen molar-refractivity contribution in [2.75, 3.05) is 0 Å². The molecule has 0 fully saturated rings. The van der Waals surface area contributed by atoms with Crippen molar-refractivity contribution >= 4 is 22.6 Å². The summed E-state index contributed by atoms with van der Waals surface area (Å²) in [5, 5.41) is 15.0. The van der Waals surface area contributed by atoms with Crippen LogP contribution in [-0.2, 0) is 18.6 Å². The lowest BCUT2D eigenvalue weighted by atomic mass is 9.77. The second-order valence-corrected chi connectivity index (χ2v) is 12.6. The Morgan fingerprint density at radius 1 is 0.647 bits per heavy atom. The number of benzene rings is 5. The van der Waals surface area contributed by atoms with Gasteiger partial charge in [-0.25, -0.2) is 4.98 Å². The lowest BCUT2D eigenvalue weighted by molar-refractivity contribution is 0.309. The van der Waals surface area contributed by atoms with E-state index in [1.807, 2.05) is 84.9 Å². The van der Waals surface area contributed by atoms with E-state index < -0.39 is 5.54 Å². The summed E-state index contributed by atoms with van der Waals surface area (Å²) in [6.45, 7) is 2.44. The van der Waals surface area contributed by atoms with E-state index in [4.69, 9.17) is 31.7 Å². The van der Waals surface area contributed by atoms with Gasteiger partial charge in [-0.05, 0) is 57.1 Å². The minimum absolute atomic E-state index is 0.370. The highest BCUT2D eigenvalue weighted by molar-refractivity contribution is 6.29. The summed E-state index contributed by atoms with van der Waals surface area (Å²) < 4.78 is 6.29. The zero-order chi connectivity index (χ0) is 34.6. The van der Waals surface area contributed by atoms with E-state index in [-0.39, 0.29) is 0 Å². The highest BCUT2D eigenvalue weighted by Gasteiger charge is 2.41. The van der Waals surface area contributed by atoms with Crippen LogP contribution in [0.15, 0.2) is 158 Å². The third-order valence-corrected chi connectivity index (χ3v) is 9.32.